The Balaban J connectivity index is 2.42. The first-order valence-electron chi connectivity index (χ1n) is 3.17. The zero-order chi connectivity index (χ0) is 6.69. The summed E-state index contributed by atoms with van der Waals surface area (Å²) < 4.78 is 12.5. The molecule has 48 valence electrons. The van der Waals surface area contributed by atoms with Gasteiger partial charge in [0.15, 0.2) is 5.95 Å². The molecule has 2 radical (unpaired) electrons. The minimum absolute atomic E-state index is 0.285. The molecule has 1 nitrogen and oxygen atoms in total. The second-order valence-corrected chi connectivity index (χ2v) is 2.18. The molecule has 9 heavy (non-hydrogen) atoms. The number of hydrogen-bond acceptors (Lipinski definition) is 1. The highest BCUT2D eigenvalue weighted by Crippen LogP contribution is 2.13. The lowest BCUT2D eigenvalue weighted by Gasteiger charge is -2.13. The van der Waals surface area contributed by atoms with Gasteiger partial charge in [0.1, 0.15) is 7.85 Å². The molecular weight excluding hydrogens is 116 g/mol. The van der Waals surface area contributed by atoms with Gasteiger partial charge in [0.2, 0.25) is 0 Å². The lowest BCUT2D eigenvalue weighted by molar-refractivity contribution is 0.324. The molecular formula is C6H9BFN. The largest absolute Gasteiger partial charge is 0.350 e. The predicted molar refractivity (Wildman–Crippen MR) is 35.8 cm³/mol. The summed E-state index contributed by atoms with van der Waals surface area (Å²) in [5, 5.41) is 0. The van der Waals surface area contributed by atoms with Gasteiger partial charge in [-0.1, -0.05) is 5.98 Å². The van der Waals surface area contributed by atoms with Crippen LogP contribution in [0, 0.1) is 0 Å². The average molecular weight is 125 g/mol. The van der Waals surface area contributed by atoms with Gasteiger partial charge in [0.25, 0.3) is 0 Å². The Labute approximate surface area is 55.9 Å². The Bertz CT molecular complexity index is 118. The van der Waals surface area contributed by atoms with Gasteiger partial charge in [-0.15, -0.1) is 0 Å². The molecule has 0 bridgehead atoms. The first-order valence-corrected chi connectivity index (χ1v) is 3.17. The molecule has 1 heterocycles. The van der Waals surface area contributed by atoms with E-state index < -0.39 is 0 Å². The van der Waals surface area contributed by atoms with Crippen LogP contribution in [0.3, 0.4) is 0 Å². The highest BCUT2D eigenvalue weighted by Gasteiger charge is 2.12. The van der Waals surface area contributed by atoms with Crippen LogP contribution in [0.15, 0.2) is 11.9 Å². The minimum atomic E-state index is -0.285. The SMILES string of the molecule is [B]/C=C(\F)N1CCCC1. The van der Waals surface area contributed by atoms with Gasteiger partial charge >= 0.3 is 0 Å². The molecule has 1 saturated heterocycles. The fourth-order valence-electron chi connectivity index (χ4n) is 1.04. The summed E-state index contributed by atoms with van der Waals surface area (Å²) in [7, 11) is 4.97. The van der Waals surface area contributed by atoms with Crippen LogP contribution in [0.4, 0.5) is 4.39 Å². The van der Waals surface area contributed by atoms with Crippen LogP contribution < -0.4 is 0 Å². The first kappa shape index (κ1) is 6.65. The summed E-state index contributed by atoms with van der Waals surface area (Å²) in [5.41, 5.74) is 0. The molecule has 1 aliphatic heterocycles. The molecule has 0 unspecified atom stereocenters. The molecule has 0 atom stereocenters. The molecule has 0 spiro atoms. The smallest absolute Gasteiger partial charge is 0.175 e. The minimum Gasteiger partial charge on any atom is -0.350 e. The van der Waals surface area contributed by atoms with Crippen LogP contribution in [0.1, 0.15) is 12.8 Å². The van der Waals surface area contributed by atoms with Crippen LogP contribution in [-0.4, -0.2) is 25.8 Å². The highest BCUT2D eigenvalue weighted by atomic mass is 19.1. The fourth-order valence-corrected chi connectivity index (χ4v) is 1.04. The van der Waals surface area contributed by atoms with Gasteiger partial charge in [-0.3, -0.25) is 0 Å². The third-order valence-corrected chi connectivity index (χ3v) is 1.55. The normalized spacial score (nSPS) is 21.0. The Hall–Kier alpha value is -0.465. The monoisotopic (exact) mass is 125 g/mol. The molecule has 1 rings (SSSR count). The van der Waals surface area contributed by atoms with Gasteiger partial charge < -0.3 is 4.90 Å². The molecule has 0 amide bonds. The number of rotatable bonds is 1. The average Bonchev–Trinajstić information content (AvgIpc) is 2.37. The second-order valence-electron chi connectivity index (χ2n) is 2.18. The van der Waals surface area contributed by atoms with Crippen molar-refractivity contribution in [3.63, 3.8) is 0 Å². The van der Waals surface area contributed by atoms with Crippen molar-refractivity contribution in [1.29, 1.82) is 0 Å². The summed E-state index contributed by atoms with van der Waals surface area (Å²) in [6.07, 6.45) is 2.17. The van der Waals surface area contributed by atoms with Crippen molar-refractivity contribution in [3.05, 3.63) is 11.9 Å². The maximum atomic E-state index is 12.5. The van der Waals surface area contributed by atoms with E-state index in [1.165, 1.54) is 0 Å². The first-order chi connectivity index (χ1) is 4.34. The lowest BCUT2D eigenvalue weighted by atomic mass is 10.1. The van der Waals surface area contributed by atoms with Crippen LogP contribution in [0.2, 0.25) is 0 Å². The van der Waals surface area contributed by atoms with Crippen molar-refractivity contribution in [2.24, 2.45) is 0 Å². The summed E-state index contributed by atoms with van der Waals surface area (Å²) in [6.45, 7) is 1.64. The van der Waals surface area contributed by atoms with Crippen molar-refractivity contribution >= 4 is 7.85 Å². The van der Waals surface area contributed by atoms with E-state index in [1.54, 1.807) is 4.90 Å². The van der Waals surface area contributed by atoms with Crippen LogP contribution in [0.25, 0.3) is 0 Å². The predicted octanol–water partition coefficient (Wildman–Crippen LogP) is 1.02. The summed E-state index contributed by atoms with van der Waals surface area (Å²) in [4.78, 5) is 1.65. The van der Waals surface area contributed by atoms with E-state index >= 15 is 0 Å². The highest BCUT2D eigenvalue weighted by molar-refractivity contribution is 6.17. The van der Waals surface area contributed by atoms with Crippen LogP contribution in [0.5, 0.6) is 0 Å². The molecule has 0 aliphatic carbocycles. The number of hydrogen-bond donors (Lipinski definition) is 0. The van der Waals surface area contributed by atoms with E-state index in [2.05, 4.69) is 0 Å². The summed E-state index contributed by atoms with van der Waals surface area (Å²) in [6, 6.07) is 0. The number of nitrogens with zero attached hydrogens (tertiary/aromatic N) is 1. The zero-order valence-electron chi connectivity index (χ0n) is 5.31. The molecule has 0 N–H and O–H groups in total. The molecule has 0 aromatic heterocycles. The maximum absolute atomic E-state index is 12.5. The Morgan fingerprint density at radius 2 is 2.00 bits per heavy atom. The van der Waals surface area contributed by atoms with Crippen molar-refractivity contribution in [3.8, 4) is 0 Å². The molecule has 0 aromatic carbocycles. The molecule has 3 heteroatoms. The molecule has 0 saturated carbocycles. The second kappa shape index (κ2) is 2.90. The number of halogens is 1. The standard InChI is InChI=1S/C6H9BFN/c7-5-6(8)9-3-1-2-4-9/h5H,1-4H2/b6-5+. The third-order valence-electron chi connectivity index (χ3n) is 1.55. The van der Waals surface area contributed by atoms with Gasteiger partial charge in [0, 0.05) is 13.1 Å². The van der Waals surface area contributed by atoms with E-state index in [1.807, 2.05) is 0 Å². The van der Waals surface area contributed by atoms with Crippen LogP contribution in [-0.2, 0) is 0 Å². The quantitative estimate of drug-likeness (QED) is 0.373. The molecule has 1 fully saturated rings. The molecule has 1 aliphatic rings. The van der Waals surface area contributed by atoms with Gasteiger partial charge in [-0.2, -0.15) is 4.39 Å². The van der Waals surface area contributed by atoms with Crippen LogP contribution >= 0.6 is 0 Å². The fraction of sp³-hybridized carbons (Fsp3) is 0.667. The third kappa shape index (κ3) is 1.47. The maximum Gasteiger partial charge on any atom is 0.175 e. The van der Waals surface area contributed by atoms with E-state index in [-0.39, 0.29) is 5.95 Å². The van der Waals surface area contributed by atoms with E-state index in [9.17, 15) is 4.39 Å². The van der Waals surface area contributed by atoms with Crippen molar-refractivity contribution in [2.75, 3.05) is 13.1 Å². The summed E-state index contributed by atoms with van der Waals surface area (Å²) >= 11 is 0. The Kier molecular flexibility index (Phi) is 2.14. The van der Waals surface area contributed by atoms with Gasteiger partial charge in [-0.05, 0) is 12.8 Å². The van der Waals surface area contributed by atoms with E-state index in [4.69, 9.17) is 7.85 Å². The van der Waals surface area contributed by atoms with Crippen molar-refractivity contribution in [2.45, 2.75) is 12.8 Å². The van der Waals surface area contributed by atoms with E-state index in [0.29, 0.717) is 0 Å². The van der Waals surface area contributed by atoms with Crippen molar-refractivity contribution in [1.82, 2.24) is 4.90 Å². The Morgan fingerprint density at radius 3 is 2.44 bits per heavy atom. The van der Waals surface area contributed by atoms with Gasteiger partial charge in [0.05, 0.1) is 0 Å². The number of likely N-dealkylation sites (tertiary alicyclic amines) is 1. The van der Waals surface area contributed by atoms with Gasteiger partial charge in [-0.25, -0.2) is 0 Å². The van der Waals surface area contributed by atoms with E-state index in [0.717, 1.165) is 31.9 Å². The zero-order valence-corrected chi connectivity index (χ0v) is 5.31. The van der Waals surface area contributed by atoms with Crippen molar-refractivity contribution < 1.29 is 4.39 Å². The molecule has 0 aromatic rings. The summed E-state index contributed by atoms with van der Waals surface area (Å²) in [5.74, 6) is 0.734. The lowest BCUT2D eigenvalue weighted by Crippen LogP contribution is -2.15. The Morgan fingerprint density at radius 1 is 1.44 bits per heavy atom. The topological polar surface area (TPSA) is 3.24 Å².